The van der Waals surface area contributed by atoms with E-state index in [1.807, 2.05) is 36.5 Å². The van der Waals surface area contributed by atoms with Crippen molar-refractivity contribution in [1.82, 2.24) is 14.9 Å². The van der Waals surface area contributed by atoms with Crippen molar-refractivity contribution in [2.24, 2.45) is 0 Å². The van der Waals surface area contributed by atoms with Crippen molar-refractivity contribution >= 4 is 5.97 Å². The summed E-state index contributed by atoms with van der Waals surface area (Å²) in [5.74, 6) is -2.08. The summed E-state index contributed by atoms with van der Waals surface area (Å²) in [6.45, 7) is 3.53. The molecule has 0 aromatic carbocycles. The first kappa shape index (κ1) is 22.0. The summed E-state index contributed by atoms with van der Waals surface area (Å²) in [6, 6.07) is 11.8. The van der Waals surface area contributed by atoms with E-state index in [0.29, 0.717) is 12.5 Å². The SMILES string of the molecule is O=C(O)C(F)(F)F.c1ccc(CN2CC[C@]3(C[C@@H](Oc4ccccn4)CO3)C2)nc1. The molecular weight excluding hydrogens is 403 g/mol. The van der Waals surface area contributed by atoms with Gasteiger partial charge in [-0.1, -0.05) is 12.1 Å². The standard InChI is InChI=1S/C18H21N3O2.C2HF3O2/c1-3-8-19-15(5-1)12-21-10-7-18(14-21)11-16(13-22-18)23-17-6-2-4-9-20-17;3-2(4,5)1(6)7/h1-6,8-9,16H,7,10-14H2;(H,6,7)/t16-,18+;/m1./s1. The molecule has 1 spiro atoms. The van der Waals surface area contributed by atoms with Crippen molar-refractivity contribution in [2.75, 3.05) is 19.7 Å². The zero-order valence-electron chi connectivity index (χ0n) is 16.1. The number of hydrogen-bond donors (Lipinski definition) is 1. The van der Waals surface area contributed by atoms with Crippen LogP contribution < -0.4 is 4.74 Å². The molecule has 1 N–H and O–H groups in total. The summed E-state index contributed by atoms with van der Waals surface area (Å²) in [5, 5.41) is 7.12. The second-order valence-electron chi connectivity index (χ2n) is 7.19. The Hall–Kier alpha value is -2.72. The fraction of sp³-hybridized carbons (Fsp3) is 0.450. The van der Waals surface area contributed by atoms with Crippen LogP contribution in [0.4, 0.5) is 13.2 Å². The van der Waals surface area contributed by atoms with Gasteiger partial charge in [-0.15, -0.1) is 0 Å². The van der Waals surface area contributed by atoms with Gasteiger partial charge < -0.3 is 14.6 Å². The van der Waals surface area contributed by atoms with Crippen LogP contribution in [0.2, 0.25) is 0 Å². The molecule has 2 fully saturated rings. The number of carboxylic acid groups (broad SMARTS) is 1. The van der Waals surface area contributed by atoms with Crippen molar-refractivity contribution in [1.29, 1.82) is 0 Å². The van der Waals surface area contributed by atoms with Gasteiger partial charge in [-0.2, -0.15) is 13.2 Å². The first-order chi connectivity index (χ1) is 14.3. The number of pyridine rings is 2. The summed E-state index contributed by atoms with van der Waals surface area (Å²) in [6.07, 6.45) is 0.610. The van der Waals surface area contributed by atoms with E-state index in [2.05, 4.69) is 20.9 Å². The minimum Gasteiger partial charge on any atom is -0.475 e. The van der Waals surface area contributed by atoms with Crippen molar-refractivity contribution < 1.29 is 32.5 Å². The van der Waals surface area contributed by atoms with Gasteiger partial charge in [0.1, 0.15) is 6.10 Å². The minimum atomic E-state index is -5.08. The van der Waals surface area contributed by atoms with Crippen LogP contribution in [0, 0.1) is 0 Å². The number of carbonyl (C=O) groups is 1. The lowest BCUT2D eigenvalue weighted by molar-refractivity contribution is -0.192. The number of alkyl halides is 3. The average molecular weight is 425 g/mol. The maximum Gasteiger partial charge on any atom is 0.490 e. The number of nitrogens with zero attached hydrogens (tertiary/aromatic N) is 3. The number of aliphatic carboxylic acids is 1. The van der Waals surface area contributed by atoms with E-state index in [1.54, 1.807) is 6.20 Å². The van der Waals surface area contributed by atoms with Crippen molar-refractivity contribution in [3.63, 3.8) is 0 Å². The molecule has 0 unspecified atom stereocenters. The largest absolute Gasteiger partial charge is 0.490 e. The van der Waals surface area contributed by atoms with Gasteiger partial charge in [-0.05, 0) is 24.6 Å². The maximum absolute atomic E-state index is 10.6. The van der Waals surface area contributed by atoms with E-state index in [1.165, 1.54) is 0 Å². The molecule has 162 valence electrons. The predicted molar refractivity (Wildman–Crippen MR) is 99.8 cm³/mol. The highest BCUT2D eigenvalue weighted by Crippen LogP contribution is 2.36. The van der Waals surface area contributed by atoms with Gasteiger partial charge in [0.15, 0.2) is 0 Å². The topological polar surface area (TPSA) is 84.8 Å². The van der Waals surface area contributed by atoms with Crippen LogP contribution in [0.1, 0.15) is 18.5 Å². The quantitative estimate of drug-likeness (QED) is 0.806. The second kappa shape index (κ2) is 9.40. The van der Waals surface area contributed by atoms with E-state index in [-0.39, 0.29) is 11.7 Å². The smallest absolute Gasteiger partial charge is 0.475 e. The number of carboxylic acids is 1. The molecule has 0 amide bonds. The number of likely N-dealkylation sites (tertiary alicyclic amines) is 1. The van der Waals surface area contributed by atoms with Crippen LogP contribution >= 0.6 is 0 Å². The highest BCUT2D eigenvalue weighted by molar-refractivity contribution is 5.73. The van der Waals surface area contributed by atoms with Gasteiger partial charge in [-0.3, -0.25) is 9.88 Å². The predicted octanol–water partition coefficient (Wildman–Crippen LogP) is 2.92. The van der Waals surface area contributed by atoms with Crippen LogP contribution in [0.5, 0.6) is 5.88 Å². The first-order valence-corrected chi connectivity index (χ1v) is 9.40. The Bertz CT molecular complexity index is 764. The molecule has 7 nitrogen and oxygen atoms in total. The Morgan fingerprint density at radius 2 is 1.93 bits per heavy atom. The summed E-state index contributed by atoms with van der Waals surface area (Å²) in [4.78, 5) is 20.0. The van der Waals surface area contributed by atoms with Crippen LogP contribution in [0.15, 0.2) is 48.8 Å². The third-order valence-electron chi connectivity index (χ3n) is 4.85. The van der Waals surface area contributed by atoms with Crippen LogP contribution in [0.25, 0.3) is 0 Å². The average Bonchev–Trinajstić information content (AvgIpc) is 3.29. The second-order valence-corrected chi connectivity index (χ2v) is 7.19. The molecule has 2 aliphatic rings. The summed E-state index contributed by atoms with van der Waals surface area (Å²) in [5.41, 5.74) is 1.05. The van der Waals surface area contributed by atoms with Crippen molar-refractivity contribution in [3.8, 4) is 5.88 Å². The highest BCUT2D eigenvalue weighted by Gasteiger charge is 2.46. The molecule has 10 heteroatoms. The summed E-state index contributed by atoms with van der Waals surface area (Å²) < 4.78 is 43.8. The Labute approximate surface area is 171 Å². The number of ether oxygens (including phenoxy) is 2. The minimum absolute atomic E-state index is 0.0613. The molecule has 4 heterocycles. The molecule has 0 saturated carbocycles. The lowest BCUT2D eigenvalue weighted by Gasteiger charge is -2.23. The third-order valence-corrected chi connectivity index (χ3v) is 4.85. The van der Waals surface area contributed by atoms with Crippen LogP contribution in [0.3, 0.4) is 0 Å². The summed E-state index contributed by atoms with van der Waals surface area (Å²) in [7, 11) is 0. The lowest BCUT2D eigenvalue weighted by Crippen LogP contribution is -2.33. The van der Waals surface area contributed by atoms with Gasteiger partial charge in [-0.25, -0.2) is 9.78 Å². The Morgan fingerprint density at radius 3 is 2.53 bits per heavy atom. The molecule has 0 radical (unpaired) electrons. The van der Waals surface area contributed by atoms with Gasteiger partial charge in [0.2, 0.25) is 5.88 Å². The Balaban J connectivity index is 0.000000318. The zero-order chi connectivity index (χ0) is 21.6. The van der Waals surface area contributed by atoms with Gasteiger partial charge in [0, 0.05) is 44.5 Å². The third kappa shape index (κ3) is 6.14. The van der Waals surface area contributed by atoms with Crippen molar-refractivity contribution in [3.05, 3.63) is 54.5 Å². The molecule has 30 heavy (non-hydrogen) atoms. The zero-order valence-corrected chi connectivity index (χ0v) is 16.1. The van der Waals surface area contributed by atoms with Gasteiger partial charge in [0.25, 0.3) is 0 Å². The van der Waals surface area contributed by atoms with E-state index < -0.39 is 12.1 Å². The van der Waals surface area contributed by atoms with Gasteiger partial charge in [0.05, 0.1) is 17.9 Å². The molecule has 0 aliphatic carbocycles. The molecule has 2 saturated heterocycles. The molecule has 2 aliphatic heterocycles. The van der Waals surface area contributed by atoms with Gasteiger partial charge >= 0.3 is 12.1 Å². The van der Waals surface area contributed by atoms with E-state index >= 15 is 0 Å². The van der Waals surface area contributed by atoms with E-state index in [4.69, 9.17) is 19.4 Å². The van der Waals surface area contributed by atoms with Crippen LogP contribution in [-0.4, -0.2) is 63.5 Å². The summed E-state index contributed by atoms with van der Waals surface area (Å²) >= 11 is 0. The maximum atomic E-state index is 10.6. The van der Waals surface area contributed by atoms with Crippen molar-refractivity contribution in [2.45, 2.75) is 37.3 Å². The Morgan fingerprint density at radius 1 is 1.23 bits per heavy atom. The molecule has 2 aromatic rings. The number of rotatable bonds is 4. The highest BCUT2D eigenvalue weighted by atomic mass is 19.4. The lowest BCUT2D eigenvalue weighted by atomic mass is 9.98. The molecule has 4 rings (SSSR count). The molecule has 0 bridgehead atoms. The Kier molecular flexibility index (Phi) is 6.88. The normalized spacial score (nSPS) is 23.8. The number of hydrogen-bond acceptors (Lipinski definition) is 6. The molecule has 2 atom stereocenters. The van der Waals surface area contributed by atoms with E-state index in [0.717, 1.165) is 38.2 Å². The van der Waals surface area contributed by atoms with E-state index in [9.17, 15) is 13.2 Å². The number of halogens is 3. The first-order valence-electron chi connectivity index (χ1n) is 9.40. The number of aromatic nitrogens is 2. The fourth-order valence-corrected chi connectivity index (χ4v) is 3.53. The molecular formula is C20H22F3N3O4. The molecule has 2 aromatic heterocycles. The van der Waals surface area contributed by atoms with Crippen LogP contribution in [-0.2, 0) is 16.1 Å². The monoisotopic (exact) mass is 425 g/mol. The fourth-order valence-electron chi connectivity index (χ4n) is 3.53.